The van der Waals surface area contributed by atoms with E-state index in [4.69, 9.17) is 10.5 Å². The molecule has 0 spiro atoms. The van der Waals surface area contributed by atoms with Gasteiger partial charge in [-0.3, -0.25) is 0 Å². The van der Waals surface area contributed by atoms with E-state index in [0.29, 0.717) is 6.61 Å². The monoisotopic (exact) mass is 177 g/mol. The van der Waals surface area contributed by atoms with Crippen LogP contribution in [0, 0.1) is 0 Å². The van der Waals surface area contributed by atoms with Crippen LogP contribution in [-0.4, -0.2) is 6.61 Å². The molecule has 0 radical (unpaired) electrons. The fraction of sp³-hybridized carbons (Fsp3) is 0.455. The van der Waals surface area contributed by atoms with Crippen molar-refractivity contribution in [1.29, 1.82) is 0 Å². The first kappa shape index (κ1) is 8.57. The lowest BCUT2D eigenvalue weighted by Gasteiger charge is -2.03. The van der Waals surface area contributed by atoms with Crippen LogP contribution in [0.3, 0.4) is 0 Å². The summed E-state index contributed by atoms with van der Waals surface area (Å²) in [7, 11) is 0. The van der Waals surface area contributed by atoms with Crippen LogP contribution >= 0.6 is 0 Å². The van der Waals surface area contributed by atoms with Crippen molar-refractivity contribution in [1.82, 2.24) is 0 Å². The molecule has 0 aliphatic carbocycles. The number of hydrogen-bond donors (Lipinski definition) is 1. The van der Waals surface area contributed by atoms with Gasteiger partial charge >= 0.3 is 0 Å². The van der Waals surface area contributed by atoms with Gasteiger partial charge in [-0.25, -0.2) is 0 Å². The van der Waals surface area contributed by atoms with Gasteiger partial charge < -0.3 is 10.5 Å². The Morgan fingerprint density at radius 1 is 1.54 bits per heavy atom. The molecule has 0 unspecified atom stereocenters. The van der Waals surface area contributed by atoms with Crippen LogP contribution in [0.1, 0.15) is 30.5 Å². The van der Waals surface area contributed by atoms with Crippen LogP contribution in [0.5, 0.6) is 5.75 Å². The normalized spacial score (nSPS) is 19.7. The van der Waals surface area contributed by atoms with E-state index in [-0.39, 0.29) is 6.04 Å². The highest BCUT2D eigenvalue weighted by Gasteiger charge is 2.20. The maximum atomic E-state index is 5.89. The zero-order valence-electron chi connectivity index (χ0n) is 7.92. The average molecular weight is 177 g/mol. The van der Waals surface area contributed by atoms with Gasteiger partial charge in [-0.1, -0.05) is 25.5 Å². The molecule has 1 aliphatic heterocycles. The van der Waals surface area contributed by atoms with Gasteiger partial charge in [0.1, 0.15) is 12.4 Å². The zero-order chi connectivity index (χ0) is 9.26. The Kier molecular flexibility index (Phi) is 2.23. The van der Waals surface area contributed by atoms with Gasteiger partial charge in [-0.15, -0.1) is 0 Å². The maximum absolute atomic E-state index is 5.89. The van der Waals surface area contributed by atoms with Crippen molar-refractivity contribution in [3.8, 4) is 5.75 Å². The molecule has 2 nitrogen and oxygen atoms in total. The van der Waals surface area contributed by atoms with Crippen molar-refractivity contribution in [3.63, 3.8) is 0 Å². The van der Waals surface area contributed by atoms with Gasteiger partial charge in [-0.2, -0.15) is 0 Å². The number of rotatable bonds is 2. The van der Waals surface area contributed by atoms with E-state index in [2.05, 4.69) is 19.1 Å². The van der Waals surface area contributed by atoms with Gasteiger partial charge in [0.15, 0.2) is 0 Å². The fourth-order valence-electron chi connectivity index (χ4n) is 1.73. The maximum Gasteiger partial charge on any atom is 0.124 e. The van der Waals surface area contributed by atoms with Crippen LogP contribution in [0.25, 0.3) is 0 Å². The molecule has 0 fully saturated rings. The second-order valence-electron chi connectivity index (χ2n) is 3.54. The van der Waals surface area contributed by atoms with Crippen molar-refractivity contribution in [2.75, 3.05) is 6.61 Å². The molecule has 2 N–H and O–H groups in total. The Labute approximate surface area is 78.7 Å². The number of aryl methyl sites for hydroxylation is 1. The summed E-state index contributed by atoms with van der Waals surface area (Å²) in [4.78, 5) is 0. The molecular weight excluding hydrogens is 162 g/mol. The molecule has 1 aromatic rings. The molecule has 1 aromatic carbocycles. The Bertz CT molecular complexity index is 309. The minimum absolute atomic E-state index is 0.0757. The highest BCUT2D eigenvalue weighted by atomic mass is 16.5. The smallest absolute Gasteiger partial charge is 0.124 e. The summed E-state index contributed by atoms with van der Waals surface area (Å²) >= 11 is 0. The van der Waals surface area contributed by atoms with E-state index in [0.717, 1.165) is 12.2 Å². The third-order valence-corrected chi connectivity index (χ3v) is 2.43. The molecule has 13 heavy (non-hydrogen) atoms. The van der Waals surface area contributed by atoms with Crippen molar-refractivity contribution in [3.05, 3.63) is 29.3 Å². The van der Waals surface area contributed by atoms with Crippen molar-refractivity contribution in [2.45, 2.75) is 25.8 Å². The highest BCUT2D eigenvalue weighted by molar-refractivity contribution is 5.42. The minimum atomic E-state index is 0.0757. The summed E-state index contributed by atoms with van der Waals surface area (Å²) in [6, 6.07) is 6.41. The van der Waals surface area contributed by atoms with E-state index in [1.54, 1.807) is 0 Å². The SMILES string of the molecule is CCCc1ccc2c(c1)[C@H](N)CO2. The molecule has 0 saturated heterocycles. The third-order valence-electron chi connectivity index (χ3n) is 2.43. The van der Waals surface area contributed by atoms with Gasteiger partial charge in [-0.05, 0) is 18.1 Å². The lowest BCUT2D eigenvalue weighted by molar-refractivity contribution is 0.333. The summed E-state index contributed by atoms with van der Waals surface area (Å²) in [5, 5.41) is 0. The average Bonchev–Trinajstić information content (AvgIpc) is 2.49. The number of hydrogen-bond acceptors (Lipinski definition) is 2. The Balaban J connectivity index is 2.31. The summed E-state index contributed by atoms with van der Waals surface area (Å²) < 4.78 is 5.42. The first-order chi connectivity index (χ1) is 6.31. The topological polar surface area (TPSA) is 35.2 Å². The Morgan fingerprint density at radius 3 is 3.15 bits per heavy atom. The summed E-state index contributed by atoms with van der Waals surface area (Å²) in [6.45, 7) is 2.81. The van der Waals surface area contributed by atoms with Crippen LogP contribution in [-0.2, 0) is 6.42 Å². The summed E-state index contributed by atoms with van der Waals surface area (Å²) in [5.41, 5.74) is 8.42. The molecular formula is C11H15NO. The van der Waals surface area contributed by atoms with Crippen LogP contribution in [0.4, 0.5) is 0 Å². The van der Waals surface area contributed by atoms with Crippen LogP contribution in [0.15, 0.2) is 18.2 Å². The first-order valence-corrected chi connectivity index (χ1v) is 4.82. The molecule has 1 heterocycles. The van der Waals surface area contributed by atoms with Gasteiger partial charge in [0.05, 0.1) is 6.04 Å². The molecule has 1 atom stereocenters. The van der Waals surface area contributed by atoms with E-state index >= 15 is 0 Å². The van der Waals surface area contributed by atoms with Gasteiger partial charge in [0.2, 0.25) is 0 Å². The Morgan fingerprint density at radius 2 is 2.38 bits per heavy atom. The second-order valence-corrected chi connectivity index (χ2v) is 3.54. The lowest BCUT2D eigenvalue weighted by Crippen LogP contribution is -2.10. The van der Waals surface area contributed by atoms with E-state index < -0.39 is 0 Å². The number of benzene rings is 1. The van der Waals surface area contributed by atoms with E-state index in [1.807, 2.05) is 6.07 Å². The van der Waals surface area contributed by atoms with Crippen molar-refractivity contribution in [2.24, 2.45) is 5.73 Å². The fourth-order valence-corrected chi connectivity index (χ4v) is 1.73. The molecule has 0 amide bonds. The predicted molar refractivity (Wildman–Crippen MR) is 52.9 cm³/mol. The summed E-state index contributed by atoms with van der Waals surface area (Å²) in [5.74, 6) is 0.965. The standard InChI is InChI=1S/C11H15NO/c1-2-3-8-4-5-11-9(6-8)10(12)7-13-11/h4-6,10H,2-3,7,12H2,1H3/t10-/m1/s1. The van der Waals surface area contributed by atoms with Crippen molar-refractivity contribution < 1.29 is 4.74 Å². The Hall–Kier alpha value is -1.02. The zero-order valence-corrected chi connectivity index (χ0v) is 7.92. The van der Waals surface area contributed by atoms with Gasteiger partial charge in [0, 0.05) is 5.56 Å². The van der Waals surface area contributed by atoms with Crippen LogP contribution < -0.4 is 10.5 Å². The van der Waals surface area contributed by atoms with Crippen LogP contribution in [0.2, 0.25) is 0 Å². The number of nitrogens with two attached hydrogens (primary N) is 1. The quantitative estimate of drug-likeness (QED) is 0.750. The van der Waals surface area contributed by atoms with E-state index in [1.165, 1.54) is 17.5 Å². The van der Waals surface area contributed by atoms with E-state index in [9.17, 15) is 0 Å². The minimum Gasteiger partial charge on any atom is -0.491 e. The van der Waals surface area contributed by atoms with Gasteiger partial charge in [0.25, 0.3) is 0 Å². The first-order valence-electron chi connectivity index (χ1n) is 4.82. The molecule has 1 aliphatic rings. The molecule has 2 rings (SSSR count). The van der Waals surface area contributed by atoms with Crippen molar-refractivity contribution >= 4 is 0 Å². The lowest BCUT2D eigenvalue weighted by atomic mass is 10.0. The molecule has 2 heteroatoms. The second kappa shape index (κ2) is 3.38. The highest BCUT2D eigenvalue weighted by Crippen LogP contribution is 2.31. The number of ether oxygens (including phenoxy) is 1. The summed E-state index contributed by atoms with van der Waals surface area (Å²) in [6.07, 6.45) is 2.30. The number of fused-ring (bicyclic) bond motifs is 1. The third kappa shape index (κ3) is 1.54. The molecule has 0 saturated carbocycles. The molecule has 0 aromatic heterocycles. The molecule has 0 bridgehead atoms. The predicted octanol–water partition coefficient (Wildman–Crippen LogP) is 2.03. The molecule has 70 valence electrons. The largest absolute Gasteiger partial charge is 0.491 e.